The molecule has 4 nitrogen and oxygen atoms in total. The van der Waals surface area contributed by atoms with Gasteiger partial charge in [-0.1, -0.05) is 0 Å². The van der Waals surface area contributed by atoms with Gasteiger partial charge in [0.05, 0.1) is 0 Å². The predicted molar refractivity (Wildman–Crippen MR) is 30.6 cm³/mol. The second-order valence-electron chi connectivity index (χ2n) is 1.01. The molecule has 44 valence electrons. The maximum absolute atomic E-state index is 7.33. The standard InChI is InChI=1S/C2H3.Cs.H4O4Si/c1-2;;1-5(2,3)4/h1H,2H2;;1-4H. The first-order chi connectivity index (χ1) is 3.41. The number of hydrogen-bond donors (Lipinski definition) is 4. The first-order valence-corrected chi connectivity index (χ1v) is 7.29. The van der Waals surface area contributed by atoms with Crippen molar-refractivity contribution in [2.45, 2.75) is 0 Å². The van der Waals surface area contributed by atoms with Crippen molar-refractivity contribution in [3.63, 3.8) is 0 Å². The van der Waals surface area contributed by atoms with Crippen LogP contribution in [0.3, 0.4) is 0 Å². The summed E-state index contributed by atoms with van der Waals surface area (Å²) < 4.78 is 1.97. The summed E-state index contributed by atoms with van der Waals surface area (Å²) in [5.41, 5.74) is 0. The summed E-state index contributed by atoms with van der Waals surface area (Å²) in [7, 11) is -4.61. The first-order valence-electron chi connectivity index (χ1n) is 1.88. The zero-order valence-electron chi connectivity index (χ0n) is 4.57. The fourth-order valence-corrected chi connectivity index (χ4v) is 0. The Bertz CT molecular complexity index is 53.5. The third kappa shape index (κ3) is 108. The van der Waals surface area contributed by atoms with Gasteiger partial charge in [-0.3, -0.25) is 0 Å². The van der Waals surface area contributed by atoms with Crippen LogP contribution in [0.2, 0.25) is 0 Å². The summed E-state index contributed by atoms with van der Waals surface area (Å²) >= 11 is 0.679. The van der Waals surface area contributed by atoms with Gasteiger partial charge in [0.25, 0.3) is 0 Å². The van der Waals surface area contributed by atoms with Crippen molar-refractivity contribution in [3.8, 4) is 0 Å². The average molecular weight is 256 g/mol. The molecule has 0 heterocycles. The molecular weight excluding hydrogens is 249 g/mol. The van der Waals surface area contributed by atoms with Crippen LogP contribution >= 0.6 is 0 Å². The van der Waals surface area contributed by atoms with Gasteiger partial charge in [-0.25, -0.2) is 0 Å². The van der Waals surface area contributed by atoms with E-state index in [2.05, 4.69) is 6.58 Å². The van der Waals surface area contributed by atoms with Crippen molar-refractivity contribution < 1.29 is 19.2 Å². The molecule has 0 aliphatic heterocycles. The second kappa shape index (κ2) is 6.96. The van der Waals surface area contributed by atoms with Crippen molar-refractivity contribution in [1.29, 1.82) is 0 Å². The topological polar surface area (TPSA) is 80.9 Å². The van der Waals surface area contributed by atoms with Gasteiger partial charge in [0, 0.05) is 0 Å². The fourth-order valence-electron chi connectivity index (χ4n) is 0. The van der Waals surface area contributed by atoms with Gasteiger partial charge in [-0.2, -0.15) is 0 Å². The zero-order valence-corrected chi connectivity index (χ0v) is 11.9. The molecule has 8 heavy (non-hydrogen) atoms. The van der Waals surface area contributed by atoms with Crippen LogP contribution in [0, 0.1) is 0 Å². The van der Waals surface area contributed by atoms with E-state index in [0.717, 1.165) is 0 Å². The molecule has 6 heteroatoms. The van der Waals surface area contributed by atoms with Crippen LogP contribution in [0.1, 0.15) is 0 Å². The Morgan fingerprint density at radius 2 is 1.25 bits per heavy atom. The van der Waals surface area contributed by atoms with E-state index in [1.54, 1.807) is 0 Å². The third-order valence-electron chi connectivity index (χ3n) is 0. The molecule has 0 unspecified atom stereocenters. The smallest absolute Gasteiger partial charge is 0.368 e. The molecule has 0 spiro atoms. The molecule has 0 amide bonds. The molecule has 0 radical (unpaired) electrons. The van der Waals surface area contributed by atoms with Crippen molar-refractivity contribution in [2.75, 3.05) is 0 Å². The maximum atomic E-state index is 7.33. The Balaban J connectivity index is 0. The van der Waals surface area contributed by atoms with Gasteiger partial charge < -0.3 is 19.2 Å². The molecule has 0 aliphatic carbocycles. The van der Waals surface area contributed by atoms with Crippen molar-refractivity contribution in [1.82, 2.24) is 0 Å². The quantitative estimate of drug-likeness (QED) is 0.367. The van der Waals surface area contributed by atoms with Crippen molar-refractivity contribution in [2.24, 2.45) is 0 Å². The van der Waals surface area contributed by atoms with Crippen LogP contribution in [0.5, 0.6) is 0 Å². The molecule has 4 N–H and O–H groups in total. The first kappa shape index (κ1) is 12.5. The second-order valence-corrected chi connectivity index (χ2v) is 4.77. The van der Waals surface area contributed by atoms with E-state index in [1.807, 2.05) is -2.50 Å². The molecular formula is C2H7CsO4Si. The molecule has 0 bridgehead atoms. The monoisotopic (exact) mass is 256 g/mol. The van der Waals surface area contributed by atoms with Gasteiger partial charge in [-0.15, -0.1) is 0 Å². The molecule has 0 aromatic rings. The van der Waals surface area contributed by atoms with Crippen molar-refractivity contribution in [3.05, 3.63) is 4.08 Å². The van der Waals surface area contributed by atoms with E-state index >= 15 is 0 Å². The Morgan fingerprint density at radius 3 is 1.25 bits per heavy atom. The Hall–Kier alpha value is 1.85. The van der Waals surface area contributed by atoms with E-state index in [9.17, 15) is 0 Å². The molecule has 0 saturated carbocycles. The molecule has 0 aromatic heterocycles. The molecule has 0 atom stereocenters. The maximum Gasteiger partial charge on any atom is 0.668 e. The van der Waals surface area contributed by atoms with E-state index in [4.69, 9.17) is 19.2 Å². The summed E-state index contributed by atoms with van der Waals surface area (Å²) in [6.07, 6.45) is 0. The summed E-state index contributed by atoms with van der Waals surface area (Å²) in [5, 5.41) is 0. The van der Waals surface area contributed by atoms with E-state index < -0.39 is 9.05 Å². The minimum atomic E-state index is -4.61. The largest absolute Gasteiger partial charge is 0.668 e. The van der Waals surface area contributed by atoms with E-state index in [1.165, 1.54) is 0 Å². The number of rotatable bonds is 0. The fraction of sp³-hybridized carbons (Fsp3) is 0. The van der Waals surface area contributed by atoms with Crippen LogP contribution < -0.4 is 0 Å². The van der Waals surface area contributed by atoms with Gasteiger partial charge in [0.1, 0.15) is 0 Å². The van der Waals surface area contributed by atoms with Crippen LogP contribution in [-0.4, -0.2) is 94.2 Å². The number of hydrogen-bond acceptors (Lipinski definition) is 4. The molecule has 0 saturated heterocycles. The van der Waals surface area contributed by atoms with Crippen LogP contribution in [0.4, 0.5) is 0 Å². The van der Waals surface area contributed by atoms with Gasteiger partial charge in [0.2, 0.25) is 0 Å². The minimum absolute atomic E-state index is 0.679. The minimum Gasteiger partial charge on any atom is -0.368 e. The van der Waals surface area contributed by atoms with E-state index in [0.29, 0.717) is 65.9 Å². The molecule has 0 aliphatic rings. The Morgan fingerprint density at radius 1 is 1.25 bits per heavy atom. The molecule has 0 aromatic carbocycles. The normalized spacial score (nSPS) is 9.25. The van der Waals surface area contributed by atoms with Crippen LogP contribution in [0.15, 0.2) is 4.08 Å². The van der Waals surface area contributed by atoms with Crippen molar-refractivity contribution >= 4 is 75.0 Å². The summed E-state index contributed by atoms with van der Waals surface area (Å²) in [6, 6.07) is 0. The summed E-state index contributed by atoms with van der Waals surface area (Å²) in [6.45, 7) is 3.46. The van der Waals surface area contributed by atoms with Gasteiger partial charge >= 0.3 is 79.0 Å². The van der Waals surface area contributed by atoms with Crippen LogP contribution in [-0.2, 0) is 0 Å². The predicted octanol–water partition coefficient (Wildman–Crippen LogP) is -2.31. The Kier molecular flexibility index (Phi) is 10.9. The zero-order chi connectivity index (χ0) is 7.21. The van der Waals surface area contributed by atoms with Gasteiger partial charge in [0.15, 0.2) is 0 Å². The van der Waals surface area contributed by atoms with Gasteiger partial charge in [-0.05, 0) is 0 Å². The molecule has 0 fully saturated rings. The SMILES string of the molecule is C=[CH][Cs].O[Si](O)(O)O. The third-order valence-corrected chi connectivity index (χ3v) is 0. The van der Waals surface area contributed by atoms with E-state index in [-0.39, 0.29) is 0 Å². The van der Waals surface area contributed by atoms with Crippen LogP contribution in [0.25, 0.3) is 0 Å². The molecule has 0 rings (SSSR count). The summed E-state index contributed by atoms with van der Waals surface area (Å²) in [5.74, 6) is 0. The Labute approximate surface area is 95.7 Å². The summed E-state index contributed by atoms with van der Waals surface area (Å²) in [4.78, 5) is 29.3. The average Bonchev–Trinajstić information content (AvgIpc) is 1.27.